The van der Waals surface area contributed by atoms with Gasteiger partial charge in [-0.15, -0.1) is 6.42 Å². The molecule has 0 amide bonds. The number of nitrogens with zero attached hydrogens (tertiary/aromatic N) is 1. The Morgan fingerprint density at radius 2 is 1.97 bits per heavy atom. The van der Waals surface area contributed by atoms with Crippen molar-refractivity contribution in [2.24, 2.45) is 11.3 Å². The number of hydrogen-bond acceptors (Lipinski definition) is 4. The summed E-state index contributed by atoms with van der Waals surface area (Å²) in [5.41, 5.74) is 3.62. The van der Waals surface area contributed by atoms with Crippen LogP contribution in [0.5, 0.6) is 11.5 Å². The average molecular weight is 494 g/mol. The number of esters is 1. The minimum atomic E-state index is -0.560. The second-order valence-corrected chi connectivity index (χ2v) is 12.0. The Hall–Kier alpha value is -2.25. The summed E-state index contributed by atoms with van der Waals surface area (Å²) in [5, 5.41) is 0. The number of benzene rings is 1. The molecular formula is C32H47NO3. The predicted octanol–water partition coefficient (Wildman–Crippen LogP) is 7.61. The van der Waals surface area contributed by atoms with Crippen molar-refractivity contribution in [2.75, 3.05) is 19.6 Å². The zero-order chi connectivity index (χ0) is 26.7. The molecule has 2 aliphatic rings. The lowest BCUT2D eigenvalue weighted by Crippen LogP contribution is -2.42. The summed E-state index contributed by atoms with van der Waals surface area (Å²) in [6.45, 7) is 19.3. The first-order chi connectivity index (χ1) is 16.9. The lowest BCUT2D eigenvalue weighted by molar-refractivity contribution is -0.144. The van der Waals surface area contributed by atoms with E-state index in [1.165, 1.54) is 42.4 Å². The molecule has 4 heteroatoms. The van der Waals surface area contributed by atoms with Gasteiger partial charge in [-0.25, -0.2) is 0 Å². The van der Waals surface area contributed by atoms with Gasteiger partial charge in [0.1, 0.15) is 17.1 Å². The fourth-order valence-corrected chi connectivity index (χ4v) is 5.32. The maximum Gasteiger partial charge on any atom is 0.316 e. The van der Waals surface area contributed by atoms with Crippen LogP contribution in [0.1, 0.15) is 111 Å². The van der Waals surface area contributed by atoms with E-state index in [1.54, 1.807) is 0 Å². The molecule has 1 aromatic carbocycles. The molecule has 2 heterocycles. The van der Waals surface area contributed by atoms with Gasteiger partial charge in [-0.05, 0) is 81.2 Å². The van der Waals surface area contributed by atoms with Crippen molar-refractivity contribution in [1.82, 2.24) is 4.90 Å². The molecule has 0 aliphatic carbocycles. The molecule has 4 nitrogen and oxygen atoms in total. The predicted molar refractivity (Wildman–Crippen MR) is 149 cm³/mol. The maximum absolute atomic E-state index is 13.3. The van der Waals surface area contributed by atoms with Crippen molar-refractivity contribution < 1.29 is 14.3 Å². The summed E-state index contributed by atoms with van der Waals surface area (Å²) in [4.78, 5) is 15.6. The molecule has 0 N–H and O–H groups in total. The molecule has 0 radical (unpaired) electrons. The smallest absolute Gasteiger partial charge is 0.316 e. The molecule has 0 spiro atoms. The van der Waals surface area contributed by atoms with Gasteiger partial charge in [0.25, 0.3) is 0 Å². The number of hydrogen-bond donors (Lipinski definition) is 0. The van der Waals surface area contributed by atoms with Gasteiger partial charge in [-0.2, -0.15) is 0 Å². The van der Waals surface area contributed by atoms with E-state index in [-0.39, 0.29) is 5.97 Å². The van der Waals surface area contributed by atoms with Gasteiger partial charge in [0.15, 0.2) is 0 Å². The maximum atomic E-state index is 13.3. The van der Waals surface area contributed by atoms with E-state index in [0.29, 0.717) is 30.6 Å². The number of fused-ring (bicyclic) bond motifs is 2. The Morgan fingerprint density at radius 3 is 2.61 bits per heavy atom. The highest BCUT2D eigenvalue weighted by Crippen LogP contribution is 2.50. The van der Waals surface area contributed by atoms with Crippen molar-refractivity contribution in [2.45, 2.75) is 105 Å². The first-order valence-electron chi connectivity index (χ1n) is 13.9. The molecule has 1 aromatic rings. The number of unbranched alkanes of at least 4 members (excludes halogenated alkanes) is 2. The van der Waals surface area contributed by atoms with Crippen LogP contribution in [0.4, 0.5) is 0 Å². The fraction of sp³-hybridized carbons (Fsp3) is 0.656. The summed E-state index contributed by atoms with van der Waals surface area (Å²) in [7, 11) is 0. The highest BCUT2D eigenvalue weighted by Gasteiger charge is 2.40. The number of terminal acetylenes is 1. The Morgan fingerprint density at radius 1 is 1.25 bits per heavy atom. The molecular weight excluding hydrogens is 446 g/mol. The quantitative estimate of drug-likeness (QED) is 0.145. The second-order valence-electron chi connectivity index (χ2n) is 12.0. The Bertz CT molecular complexity index is 1030. The van der Waals surface area contributed by atoms with Crippen molar-refractivity contribution in [3.8, 4) is 23.8 Å². The summed E-state index contributed by atoms with van der Waals surface area (Å²) in [5.74, 6) is 4.91. The van der Waals surface area contributed by atoms with Crippen LogP contribution in [0.15, 0.2) is 17.7 Å². The van der Waals surface area contributed by atoms with E-state index in [9.17, 15) is 4.79 Å². The average Bonchev–Trinajstić information content (AvgIpc) is 2.82. The normalized spacial score (nSPS) is 19.0. The van der Waals surface area contributed by atoms with Gasteiger partial charge in [0.2, 0.25) is 0 Å². The molecule has 3 rings (SSSR count). The highest BCUT2D eigenvalue weighted by molar-refractivity contribution is 5.86. The topological polar surface area (TPSA) is 38.8 Å². The number of carbonyl (C=O) groups excluding carboxylic acids is 1. The molecule has 2 atom stereocenters. The summed E-state index contributed by atoms with van der Waals surface area (Å²) < 4.78 is 12.9. The molecule has 0 saturated carbocycles. The Balaban J connectivity index is 2.11. The van der Waals surface area contributed by atoms with Gasteiger partial charge in [0.05, 0.1) is 17.5 Å². The molecule has 36 heavy (non-hydrogen) atoms. The van der Waals surface area contributed by atoms with Crippen molar-refractivity contribution >= 4 is 11.5 Å². The van der Waals surface area contributed by atoms with E-state index < -0.39 is 11.0 Å². The lowest BCUT2D eigenvalue weighted by Gasteiger charge is -2.42. The molecule has 2 aliphatic heterocycles. The third kappa shape index (κ3) is 6.00. The van der Waals surface area contributed by atoms with Crippen LogP contribution in [0.3, 0.4) is 0 Å². The molecule has 198 valence electrons. The fourth-order valence-electron chi connectivity index (χ4n) is 5.32. The van der Waals surface area contributed by atoms with E-state index >= 15 is 0 Å². The van der Waals surface area contributed by atoms with Gasteiger partial charge in [-0.1, -0.05) is 59.3 Å². The second kappa shape index (κ2) is 11.4. The van der Waals surface area contributed by atoms with Crippen LogP contribution in [0.25, 0.3) is 5.57 Å². The van der Waals surface area contributed by atoms with Gasteiger partial charge in [0, 0.05) is 13.1 Å². The highest BCUT2D eigenvalue weighted by atomic mass is 16.5. The van der Waals surface area contributed by atoms with Crippen LogP contribution >= 0.6 is 0 Å². The van der Waals surface area contributed by atoms with Gasteiger partial charge in [-0.3, -0.25) is 9.69 Å². The van der Waals surface area contributed by atoms with E-state index in [1.807, 2.05) is 20.8 Å². The Kier molecular flexibility index (Phi) is 8.99. The number of rotatable bonds is 10. The van der Waals surface area contributed by atoms with Crippen molar-refractivity contribution in [3.05, 3.63) is 28.8 Å². The molecule has 0 saturated heterocycles. The Labute approximate surface area is 219 Å². The van der Waals surface area contributed by atoms with E-state index in [0.717, 1.165) is 30.8 Å². The third-order valence-corrected chi connectivity index (χ3v) is 8.50. The van der Waals surface area contributed by atoms with Gasteiger partial charge >= 0.3 is 5.97 Å². The van der Waals surface area contributed by atoms with E-state index in [2.05, 4.69) is 57.6 Å². The van der Waals surface area contributed by atoms with E-state index in [4.69, 9.17) is 15.9 Å². The first-order valence-corrected chi connectivity index (χ1v) is 13.9. The number of carbonyl (C=O) groups is 1. The largest absolute Gasteiger partial charge is 0.483 e. The van der Waals surface area contributed by atoms with Gasteiger partial charge < -0.3 is 9.47 Å². The van der Waals surface area contributed by atoms with Crippen LogP contribution in [0, 0.1) is 23.7 Å². The first kappa shape index (κ1) is 28.3. The monoisotopic (exact) mass is 493 g/mol. The zero-order valence-corrected chi connectivity index (χ0v) is 23.9. The minimum Gasteiger partial charge on any atom is -0.483 e. The third-order valence-electron chi connectivity index (χ3n) is 8.50. The molecule has 0 bridgehead atoms. The summed E-state index contributed by atoms with van der Waals surface area (Å²) in [6.07, 6.45) is 12.2. The van der Waals surface area contributed by atoms with Crippen LogP contribution in [0.2, 0.25) is 0 Å². The molecule has 0 fully saturated rings. The SMILES string of the molecule is C#CCN1CCC2=C(C1)c1c(OC(=O)C(C)(C)CC)cc(C(C)C(C)CCCCC)cc1OC2(C)C. The lowest BCUT2D eigenvalue weighted by atomic mass is 9.79. The molecule has 0 aromatic heterocycles. The van der Waals surface area contributed by atoms with Crippen molar-refractivity contribution in [3.63, 3.8) is 0 Å². The summed E-state index contributed by atoms with van der Waals surface area (Å²) in [6, 6.07) is 4.31. The minimum absolute atomic E-state index is 0.198. The zero-order valence-electron chi connectivity index (χ0n) is 23.9. The molecule has 2 unspecified atom stereocenters. The standard InChI is InChI=1S/C32H47NO3/c1-10-13-14-15-22(4)23(5)24-19-27(35-30(34)31(6,7)12-3)29-25-21-33(17-11-2)18-16-26(25)32(8,9)36-28(29)20-24/h2,19-20,22-23H,10,12-18,21H2,1,3-9H3. The number of ether oxygens (including phenoxy) is 2. The van der Waals surface area contributed by atoms with Crippen molar-refractivity contribution in [1.29, 1.82) is 0 Å². The van der Waals surface area contributed by atoms with Crippen LogP contribution in [-0.2, 0) is 4.79 Å². The van der Waals surface area contributed by atoms with Crippen LogP contribution in [-0.4, -0.2) is 36.1 Å². The summed E-state index contributed by atoms with van der Waals surface area (Å²) >= 11 is 0. The van der Waals surface area contributed by atoms with Crippen LogP contribution < -0.4 is 9.47 Å².